The Hall–Kier alpha value is -2.56. The third-order valence-corrected chi connectivity index (χ3v) is 2.32. The number of anilines is 3. The first-order chi connectivity index (χ1) is 8.54. The Balaban J connectivity index is 2.22. The third-order valence-electron chi connectivity index (χ3n) is 2.32. The quantitative estimate of drug-likeness (QED) is 0.710. The number of halogens is 1. The van der Waals surface area contributed by atoms with Gasteiger partial charge in [0.2, 0.25) is 0 Å². The molecule has 0 unspecified atom stereocenters. The second-order valence-electron chi connectivity index (χ2n) is 3.85. The fourth-order valence-electron chi connectivity index (χ4n) is 1.58. The Kier molecular flexibility index (Phi) is 3.14. The molecule has 2 aromatic carbocycles. The van der Waals surface area contributed by atoms with Gasteiger partial charge in [-0.1, -0.05) is 6.07 Å². The molecule has 5 N–H and O–H groups in total. The molecule has 1 amide bonds. The minimum atomic E-state index is -0.417. The molecule has 0 radical (unpaired) electrons. The fraction of sp³-hybridized carbons (Fsp3) is 0. The van der Waals surface area contributed by atoms with E-state index in [4.69, 9.17) is 11.5 Å². The Morgan fingerprint density at radius 2 is 1.72 bits per heavy atom. The second-order valence-corrected chi connectivity index (χ2v) is 3.85. The van der Waals surface area contributed by atoms with E-state index in [0.717, 1.165) is 0 Å². The Bertz CT molecular complexity index is 578. The van der Waals surface area contributed by atoms with Gasteiger partial charge in [0.25, 0.3) is 5.91 Å². The number of benzene rings is 2. The average Bonchev–Trinajstić information content (AvgIpc) is 2.27. The Morgan fingerprint density at radius 1 is 1.06 bits per heavy atom. The molecule has 0 atom stereocenters. The monoisotopic (exact) mass is 245 g/mol. The van der Waals surface area contributed by atoms with Gasteiger partial charge in [-0.3, -0.25) is 4.79 Å². The van der Waals surface area contributed by atoms with E-state index >= 15 is 0 Å². The summed E-state index contributed by atoms with van der Waals surface area (Å²) in [6.45, 7) is 0. The van der Waals surface area contributed by atoms with E-state index in [1.807, 2.05) is 0 Å². The van der Waals surface area contributed by atoms with E-state index in [1.54, 1.807) is 12.1 Å². The molecule has 5 heteroatoms. The zero-order chi connectivity index (χ0) is 13.1. The predicted octanol–water partition coefficient (Wildman–Crippen LogP) is 2.24. The van der Waals surface area contributed by atoms with Crippen LogP contribution in [0.25, 0.3) is 0 Å². The van der Waals surface area contributed by atoms with Crippen molar-refractivity contribution in [2.24, 2.45) is 0 Å². The number of hydrogen-bond donors (Lipinski definition) is 3. The topological polar surface area (TPSA) is 81.1 Å². The van der Waals surface area contributed by atoms with Crippen LogP contribution < -0.4 is 16.8 Å². The van der Waals surface area contributed by atoms with Crippen molar-refractivity contribution in [1.82, 2.24) is 0 Å². The lowest BCUT2D eigenvalue weighted by molar-refractivity contribution is 0.102. The van der Waals surface area contributed by atoms with Crippen LogP contribution >= 0.6 is 0 Å². The maximum Gasteiger partial charge on any atom is 0.255 e. The molecule has 0 aliphatic rings. The van der Waals surface area contributed by atoms with Gasteiger partial charge < -0.3 is 16.8 Å². The first-order valence-electron chi connectivity index (χ1n) is 5.27. The number of carbonyl (C=O) groups excluding carboxylic acids is 1. The average molecular weight is 245 g/mol. The Labute approximate surface area is 103 Å². The van der Waals surface area contributed by atoms with Crippen LogP contribution in [0.5, 0.6) is 0 Å². The van der Waals surface area contributed by atoms with Crippen LogP contribution in [0.1, 0.15) is 10.4 Å². The summed E-state index contributed by atoms with van der Waals surface area (Å²) in [6.07, 6.45) is 0. The first kappa shape index (κ1) is 11.9. The van der Waals surface area contributed by atoms with Gasteiger partial charge in [-0.2, -0.15) is 0 Å². The van der Waals surface area contributed by atoms with E-state index in [-0.39, 0.29) is 5.91 Å². The molecule has 18 heavy (non-hydrogen) atoms. The van der Waals surface area contributed by atoms with Crippen molar-refractivity contribution in [2.75, 3.05) is 16.8 Å². The third kappa shape index (κ3) is 2.76. The van der Waals surface area contributed by atoms with Crippen molar-refractivity contribution in [3.8, 4) is 0 Å². The normalized spacial score (nSPS) is 10.1. The number of hydrogen-bond acceptors (Lipinski definition) is 3. The summed E-state index contributed by atoms with van der Waals surface area (Å²) in [4.78, 5) is 11.9. The van der Waals surface area contributed by atoms with Crippen LogP contribution in [0.3, 0.4) is 0 Å². The van der Waals surface area contributed by atoms with E-state index in [9.17, 15) is 9.18 Å². The van der Waals surface area contributed by atoms with Crippen molar-refractivity contribution in [1.29, 1.82) is 0 Å². The summed E-state index contributed by atoms with van der Waals surface area (Å²) in [7, 11) is 0. The van der Waals surface area contributed by atoms with Gasteiger partial charge in [-0.15, -0.1) is 0 Å². The first-order valence-corrected chi connectivity index (χ1v) is 5.27. The van der Waals surface area contributed by atoms with Gasteiger partial charge in [-0.25, -0.2) is 4.39 Å². The zero-order valence-electron chi connectivity index (χ0n) is 9.48. The summed E-state index contributed by atoms with van der Waals surface area (Å²) in [5.41, 5.74) is 12.7. The maximum absolute atomic E-state index is 13.0. The number of nitrogen functional groups attached to an aromatic ring is 2. The van der Waals surface area contributed by atoms with E-state index in [1.165, 1.54) is 30.3 Å². The maximum atomic E-state index is 13.0. The van der Waals surface area contributed by atoms with Gasteiger partial charge >= 0.3 is 0 Å². The highest BCUT2D eigenvalue weighted by Crippen LogP contribution is 2.16. The van der Waals surface area contributed by atoms with Crippen molar-refractivity contribution in [2.45, 2.75) is 0 Å². The number of nitrogens with two attached hydrogens (primary N) is 2. The van der Waals surface area contributed by atoms with E-state index < -0.39 is 5.82 Å². The molecular formula is C13H12FN3O. The fourth-order valence-corrected chi connectivity index (χ4v) is 1.58. The molecule has 0 aliphatic heterocycles. The molecule has 0 aromatic heterocycles. The number of carbonyl (C=O) groups is 1. The lowest BCUT2D eigenvalue weighted by Gasteiger charge is -2.07. The molecule has 2 rings (SSSR count). The highest BCUT2D eigenvalue weighted by Gasteiger charge is 2.08. The van der Waals surface area contributed by atoms with Gasteiger partial charge in [0.05, 0.1) is 0 Å². The standard InChI is InChI=1S/C13H12FN3O/c14-9-2-1-3-12(6-9)17-13(18)8-4-10(15)7-11(16)5-8/h1-7H,15-16H2,(H,17,18). The summed E-state index contributed by atoms with van der Waals surface area (Å²) in [5.74, 6) is -0.806. The summed E-state index contributed by atoms with van der Waals surface area (Å²) in [6, 6.07) is 10.2. The molecule has 0 heterocycles. The van der Waals surface area contributed by atoms with Crippen LogP contribution in [-0.2, 0) is 0 Å². The minimum Gasteiger partial charge on any atom is -0.399 e. The van der Waals surface area contributed by atoms with Crippen molar-refractivity contribution in [3.63, 3.8) is 0 Å². The molecule has 0 aliphatic carbocycles. The summed E-state index contributed by atoms with van der Waals surface area (Å²) in [5, 5.41) is 2.56. The number of nitrogens with one attached hydrogen (secondary N) is 1. The highest BCUT2D eigenvalue weighted by molar-refractivity contribution is 6.05. The smallest absolute Gasteiger partial charge is 0.255 e. The highest BCUT2D eigenvalue weighted by atomic mass is 19.1. The lowest BCUT2D eigenvalue weighted by Crippen LogP contribution is -2.12. The molecule has 2 aromatic rings. The van der Waals surface area contributed by atoms with E-state index in [2.05, 4.69) is 5.32 Å². The van der Waals surface area contributed by atoms with Crippen molar-refractivity contribution >= 4 is 23.0 Å². The van der Waals surface area contributed by atoms with Gasteiger partial charge in [0.15, 0.2) is 0 Å². The SMILES string of the molecule is Nc1cc(N)cc(C(=O)Nc2cccc(F)c2)c1. The van der Waals surface area contributed by atoms with Crippen LogP contribution in [-0.4, -0.2) is 5.91 Å². The van der Waals surface area contributed by atoms with Crippen LogP contribution in [0.2, 0.25) is 0 Å². The summed E-state index contributed by atoms with van der Waals surface area (Å²) >= 11 is 0. The second kappa shape index (κ2) is 4.75. The molecule has 0 spiro atoms. The molecule has 4 nitrogen and oxygen atoms in total. The van der Waals surface area contributed by atoms with E-state index in [0.29, 0.717) is 22.6 Å². The largest absolute Gasteiger partial charge is 0.399 e. The van der Waals surface area contributed by atoms with Gasteiger partial charge in [-0.05, 0) is 36.4 Å². The molecule has 0 saturated heterocycles. The predicted molar refractivity (Wildman–Crippen MR) is 69.6 cm³/mol. The number of amides is 1. The van der Waals surface area contributed by atoms with Crippen LogP contribution in [0.15, 0.2) is 42.5 Å². The van der Waals surface area contributed by atoms with Crippen molar-refractivity contribution in [3.05, 3.63) is 53.8 Å². The zero-order valence-corrected chi connectivity index (χ0v) is 9.48. The number of rotatable bonds is 2. The van der Waals surface area contributed by atoms with Crippen molar-refractivity contribution < 1.29 is 9.18 Å². The molecule has 92 valence electrons. The van der Waals surface area contributed by atoms with Crippen LogP contribution in [0.4, 0.5) is 21.5 Å². The molecular weight excluding hydrogens is 233 g/mol. The molecule has 0 bridgehead atoms. The Morgan fingerprint density at radius 3 is 2.33 bits per heavy atom. The van der Waals surface area contributed by atoms with Crippen LogP contribution in [0, 0.1) is 5.82 Å². The lowest BCUT2D eigenvalue weighted by atomic mass is 10.1. The molecule has 0 fully saturated rings. The van der Waals surface area contributed by atoms with Gasteiger partial charge in [0, 0.05) is 22.6 Å². The summed E-state index contributed by atoms with van der Waals surface area (Å²) < 4.78 is 13.0. The molecule has 0 saturated carbocycles. The van der Waals surface area contributed by atoms with Gasteiger partial charge in [0.1, 0.15) is 5.82 Å². The minimum absolute atomic E-state index is 0.330.